The predicted octanol–water partition coefficient (Wildman–Crippen LogP) is 1.64. The Bertz CT molecular complexity index is 339. The second kappa shape index (κ2) is 6.77. The number of nitrogens with zero attached hydrogens (tertiary/aromatic N) is 3. The number of aryl methyl sites for hydroxylation is 1. The van der Waals surface area contributed by atoms with E-state index in [1.165, 1.54) is 12.8 Å². The molecular weight excluding hydrogens is 236 g/mol. The van der Waals surface area contributed by atoms with E-state index in [1.807, 2.05) is 6.92 Å². The molecule has 5 heteroatoms. The van der Waals surface area contributed by atoms with E-state index in [1.54, 1.807) is 12.4 Å². The van der Waals surface area contributed by atoms with Crippen LogP contribution in [0.25, 0.3) is 0 Å². The molecule has 1 fully saturated rings. The van der Waals surface area contributed by atoms with Gasteiger partial charge in [0.25, 0.3) is 0 Å². The molecule has 1 aliphatic rings. The molecule has 4 nitrogen and oxygen atoms in total. The fourth-order valence-corrected chi connectivity index (χ4v) is 2.31. The van der Waals surface area contributed by atoms with E-state index in [2.05, 4.69) is 27.2 Å². The minimum Gasteiger partial charge on any atom is -0.358 e. The third-order valence-corrected chi connectivity index (χ3v) is 3.21. The topological polar surface area (TPSA) is 41.1 Å². The van der Waals surface area contributed by atoms with E-state index >= 15 is 0 Å². The van der Waals surface area contributed by atoms with Gasteiger partial charge in [0.1, 0.15) is 5.82 Å². The van der Waals surface area contributed by atoms with Gasteiger partial charge in [-0.25, -0.2) is 4.98 Å². The molecule has 1 aromatic heterocycles. The summed E-state index contributed by atoms with van der Waals surface area (Å²) in [4.78, 5) is 10.9. The van der Waals surface area contributed by atoms with Crippen LogP contribution in [0.15, 0.2) is 12.4 Å². The maximum Gasteiger partial charge on any atom is 0.149 e. The van der Waals surface area contributed by atoms with Crippen molar-refractivity contribution in [3.05, 3.63) is 18.1 Å². The summed E-state index contributed by atoms with van der Waals surface area (Å²) < 4.78 is 0. The predicted molar refractivity (Wildman–Crippen MR) is 72.9 cm³/mol. The Morgan fingerprint density at radius 3 is 2.59 bits per heavy atom. The molecular formula is C12H21ClN4. The highest BCUT2D eigenvalue weighted by Crippen LogP contribution is 2.18. The fourth-order valence-electron chi connectivity index (χ4n) is 2.31. The van der Waals surface area contributed by atoms with Crippen molar-refractivity contribution in [3.63, 3.8) is 0 Å². The van der Waals surface area contributed by atoms with Gasteiger partial charge >= 0.3 is 0 Å². The second-order valence-electron chi connectivity index (χ2n) is 4.54. The zero-order valence-corrected chi connectivity index (χ0v) is 11.3. The lowest BCUT2D eigenvalue weighted by molar-refractivity contribution is 0.377. The third kappa shape index (κ3) is 3.82. The van der Waals surface area contributed by atoms with Crippen LogP contribution in [0.4, 0.5) is 5.82 Å². The van der Waals surface area contributed by atoms with Gasteiger partial charge in [-0.3, -0.25) is 4.98 Å². The zero-order chi connectivity index (χ0) is 11.4. The average Bonchev–Trinajstić information content (AvgIpc) is 2.31. The number of nitrogens with one attached hydrogen (secondary N) is 1. The normalized spacial score (nSPS) is 16.4. The number of piperidine rings is 1. The van der Waals surface area contributed by atoms with Crippen LogP contribution in [0.3, 0.4) is 0 Å². The molecule has 1 aliphatic heterocycles. The molecule has 0 unspecified atom stereocenters. The molecule has 0 bridgehead atoms. The first kappa shape index (κ1) is 14.2. The largest absolute Gasteiger partial charge is 0.358 e. The van der Waals surface area contributed by atoms with Crippen LogP contribution in [0.1, 0.15) is 18.5 Å². The summed E-state index contributed by atoms with van der Waals surface area (Å²) in [5.74, 6) is 1.80. The Balaban J connectivity index is 0.00000144. The van der Waals surface area contributed by atoms with Gasteiger partial charge in [-0.2, -0.15) is 0 Å². The van der Waals surface area contributed by atoms with Crippen molar-refractivity contribution in [3.8, 4) is 0 Å². The Morgan fingerprint density at radius 2 is 1.94 bits per heavy atom. The van der Waals surface area contributed by atoms with Crippen LogP contribution in [0.2, 0.25) is 0 Å². The molecule has 2 heterocycles. The van der Waals surface area contributed by atoms with Gasteiger partial charge in [0.2, 0.25) is 0 Å². The van der Waals surface area contributed by atoms with Gasteiger partial charge in [-0.05, 0) is 38.8 Å². The highest BCUT2D eigenvalue weighted by atomic mass is 35.5. The van der Waals surface area contributed by atoms with E-state index in [-0.39, 0.29) is 12.4 Å². The smallest absolute Gasteiger partial charge is 0.149 e. The van der Waals surface area contributed by atoms with Crippen molar-refractivity contribution in [1.29, 1.82) is 0 Å². The number of hydrogen-bond donors (Lipinski definition) is 1. The molecule has 1 saturated heterocycles. The lowest BCUT2D eigenvalue weighted by Gasteiger charge is -2.28. The summed E-state index contributed by atoms with van der Waals surface area (Å²) in [5.41, 5.74) is 1.01. The molecule has 1 N–H and O–H groups in total. The molecule has 0 amide bonds. The van der Waals surface area contributed by atoms with Crippen LogP contribution in [-0.2, 0) is 0 Å². The van der Waals surface area contributed by atoms with Crippen LogP contribution in [0, 0.1) is 12.8 Å². The minimum atomic E-state index is 0. The standard InChI is InChI=1S/C12H20N4.ClH/c1-10-12(15-8-7-14-10)16(2)9-11-3-5-13-6-4-11;/h7-8,11,13H,3-6,9H2,1-2H3;1H. The minimum absolute atomic E-state index is 0. The van der Waals surface area contributed by atoms with Crippen molar-refractivity contribution in [2.45, 2.75) is 19.8 Å². The molecule has 1 aromatic rings. The van der Waals surface area contributed by atoms with Crippen LogP contribution in [-0.4, -0.2) is 36.6 Å². The van der Waals surface area contributed by atoms with Gasteiger partial charge < -0.3 is 10.2 Å². The van der Waals surface area contributed by atoms with Gasteiger partial charge in [0.15, 0.2) is 0 Å². The number of aromatic nitrogens is 2. The molecule has 0 radical (unpaired) electrons. The molecule has 17 heavy (non-hydrogen) atoms. The van der Waals surface area contributed by atoms with Crippen molar-refractivity contribution in [2.24, 2.45) is 5.92 Å². The van der Waals surface area contributed by atoms with Gasteiger partial charge in [0.05, 0.1) is 5.69 Å². The van der Waals surface area contributed by atoms with Gasteiger partial charge in [0, 0.05) is 26.0 Å². The number of hydrogen-bond acceptors (Lipinski definition) is 4. The van der Waals surface area contributed by atoms with Gasteiger partial charge in [-0.15, -0.1) is 12.4 Å². The second-order valence-corrected chi connectivity index (χ2v) is 4.54. The first-order valence-electron chi connectivity index (χ1n) is 5.97. The lowest BCUT2D eigenvalue weighted by atomic mass is 9.98. The first-order valence-corrected chi connectivity index (χ1v) is 5.97. The number of anilines is 1. The Hall–Kier alpha value is -0.870. The van der Waals surface area contributed by atoms with E-state index in [9.17, 15) is 0 Å². The molecule has 0 aromatic carbocycles. The van der Waals surface area contributed by atoms with E-state index < -0.39 is 0 Å². The maximum atomic E-state index is 4.39. The summed E-state index contributed by atoms with van der Waals surface area (Å²) in [5, 5.41) is 3.39. The van der Waals surface area contributed by atoms with E-state index in [0.717, 1.165) is 37.1 Å². The number of halogens is 1. The highest BCUT2D eigenvalue weighted by molar-refractivity contribution is 5.85. The molecule has 0 spiro atoms. The highest BCUT2D eigenvalue weighted by Gasteiger charge is 2.16. The summed E-state index contributed by atoms with van der Waals surface area (Å²) in [6.45, 7) is 5.40. The van der Waals surface area contributed by atoms with Crippen molar-refractivity contribution < 1.29 is 0 Å². The van der Waals surface area contributed by atoms with E-state index in [0.29, 0.717) is 0 Å². The van der Waals surface area contributed by atoms with Crippen molar-refractivity contribution in [1.82, 2.24) is 15.3 Å². The van der Waals surface area contributed by atoms with Crippen LogP contribution < -0.4 is 10.2 Å². The summed E-state index contributed by atoms with van der Waals surface area (Å²) in [7, 11) is 2.11. The molecule has 2 rings (SSSR count). The zero-order valence-electron chi connectivity index (χ0n) is 10.5. The fraction of sp³-hybridized carbons (Fsp3) is 0.667. The first-order chi connectivity index (χ1) is 7.77. The molecule has 0 saturated carbocycles. The average molecular weight is 257 g/mol. The maximum absolute atomic E-state index is 4.39. The quantitative estimate of drug-likeness (QED) is 0.893. The van der Waals surface area contributed by atoms with Crippen molar-refractivity contribution >= 4 is 18.2 Å². The monoisotopic (exact) mass is 256 g/mol. The lowest BCUT2D eigenvalue weighted by Crippen LogP contribution is -2.35. The Labute approximate surface area is 109 Å². The SMILES string of the molecule is Cc1nccnc1N(C)CC1CCNCC1.Cl. The summed E-state index contributed by atoms with van der Waals surface area (Å²) in [6.07, 6.45) is 6.05. The van der Waals surface area contributed by atoms with Gasteiger partial charge in [-0.1, -0.05) is 0 Å². The van der Waals surface area contributed by atoms with Crippen LogP contribution in [0.5, 0.6) is 0 Å². The molecule has 0 aliphatic carbocycles. The van der Waals surface area contributed by atoms with Crippen LogP contribution >= 0.6 is 12.4 Å². The number of rotatable bonds is 3. The summed E-state index contributed by atoms with van der Waals surface area (Å²) in [6, 6.07) is 0. The Kier molecular flexibility index (Phi) is 5.65. The van der Waals surface area contributed by atoms with E-state index in [4.69, 9.17) is 0 Å². The third-order valence-electron chi connectivity index (χ3n) is 3.21. The van der Waals surface area contributed by atoms with Crippen molar-refractivity contribution in [2.75, 3.05) is 31.6 Å². The molecule has 96 valence electrons. The Morgan fingerprint density at radius 1 is 1.29 bits per heavy atom. The molecule has 0 atom stereocenters. The summed E-state index contributed by atoms with van der Waals surface area (Å²) >= 11 is 0.